The van der Waals surface area contributed by atoms with Crippen molar-refractivity contribution in [1.82, 2.24) is 15.3 Å². The first-order valence-corrected chi connectivity index (χ1v) is 9.70. The zero-order valence-corrected chi connectivity index (χ0v) is 17.2. The van der Waals surface area contributed by atoms with Crippen LogP contribution in [0.2, 0.25) is 0 Å². The molecule has 1 saturated heterocycles. The Balaban J connectivity index is 0.00000240. The van der Waals surface area contributed by atoms with E-state index in [4.69, 9.17) is 15.5 Å². The summed E-state index contributed by atoms with van der Waals surface area (Å²) in [6, 6.07) is 13.7. The van der Waals surface area contributed by atoms with Crippen molar-refractivity contribution in [3.05, 3.63) is 53.9 Å². The normalized spacial score (nSPS) is 14.4. The number of rotatable bonds is 4. The number of aromatic nitrogens is 2. The van der Waals surface area contributed by atoms with E-state index in [1.807, 2.05) is 30.3 Å². The Bertz CT molecular complexity index is 1020. The van der Waals surface area contributed by atoms with Gasteiger partial charge in [-0.15, -0.1) is 12.4 Å². The summed E-state index contributed by atoms with van der Waals surface area (Å²) in [5.74, 6) is 0.361. The molecule has 0 spiro atoms. The zero-order chi connectivity index (χ0) is 19.5. The van der Waals surface area contributed by atoms with Gasteiger partial charge in [0.25, 0.3) is 5.91 Å². The second-order valence-corrected chi connectivity index (χ2v) is 7.02. The van der Waals surface area contributed by atoms with Gasteiger partial charge < -0.3 is 15.8 Å². The molecule has 3 N–H and O–H groups in total. The van der Waals surface area contributed by atoms with Crippen molar-refractivity contribution >= 4 is 35.0 Å². The molecule has 1 aliphatic heterocycles. The predicted octanol–water partition coefficient (Wildman–Crippen LogP) is 3.77. The maximum Gasteiger partial charge on any atom is 0.270 e. The molecule has 152 valence electrons. The number of nitrogen functional groups attached to an aromatic ring is 1. The Labute approximate surface area is 176 Å². The van der Waals surface area contributed by atoms with Crippen LogP contribution in [0.3, 0.4) is 0 Å². The van der Waals surface area contributed by atoms with E-state index in [0.717, 1.165) is 47.0 Å². The minimum absolute atomic E-state index is 0. The molecular formula is C22H25ClN4O2. The molecule has 3 aromatic rings. The van der Waals surface area contributed by atoms with Gasteiger partial charge in [0.1, 0.15) is 11.5 Å². The summed E-state index contributed by atoms with van der Waals surface area (Å²) in [5, 5.41) is 4.06. The molecule has 0 radical (unpaired) electrons. The molecule has 0 bridgehead atoms. The molecule has 0 aliphatic carbocycles. The topological polar surface area (TPSA) is 90.1 Å². The summed E-state index contributed by atoms with van der Waals surface area (Å²) in [6.07, 6.45) is 2.43. The van der Waals surface area contributed by atoms with Crippen LogP contribution in [0.1, 0.15) is 35.9 Å². The van der Waals surface area contributed by atoms with E-state index in [2.05, 4.69) is 17.2 Å². The number of amides is 1. The first-order valence-electron chi connectivity index (χ1n) is 9.70. The van der Waals surface area contributed by atoms with Crippen LogP contribution in [0.5, 0.6) is 0 Å². The van der Waals surface area contributed by atoms with Crippen LogP contribution in [0.25, 0.3) is 22.0 Å². The minimum atomic E-state index is -0.144. The highest BCUT2D eigenvalue weighted by Crippen LogP contribution is 2.30. The van der Waals surface area contributed by atoms with E-state index in [-0.39, 0.29) is 24.4 Å². The van der Waals surface area contributed by atoms with Crippen molar-refractivity contribution in [2.75, 3.05) is 18.9 Å². The molecular weight excluding hydrogens is 388 g/mol. The lowest BCUT2D eigenvalue weighted by Crippen LogP contribution is -2.39. The van der Waals surface area contributed by atoms with Crippen LogP contribution < -0.4 is 11.1 Å². The Morgan fingerprint density at radius 2 is 1.90 bits per heavy atom. The third-order valence-electron chi connectivity index (χ3n) is 5.13. The number of fused-ring (bicyclic) bond motifs is 1. The summed E-state index contributed by atoms with van der Waals surface area (Å²) in [5.41, 5.74) is 9.96. The SMILES string of the molecule is CCc1nc(N)ccc1-c1cccc2ccc(C(=O)NC3CCOCC3)nc12.Cl. The molecule has 1 fully saturated rings. The van der Waals surface area contributed by atoms with Crippen LogP contribution in [-0.2, 0) is 11.2 Å². The van der Waals surface area contributed by atoms with Crippen LogP contribution >= 0.6 is 12.4 Å². The molecule has 7 heteroatoms. The fraction of sp³-hybridized carbons (Fsp3) is 0.318. The van der Waals surface area contributed by atoms with Crippen LogP contribution in [-0.4, -0.2) is 35.1 Å². The second kappa shape index (κ2) is 9.20. The summed E-state index contributed by atoms with van der Waals surface area (Å²) >= 11 is 0. The average molecular weight is 413 g/mol. The number of aryl methyl sites for hydroxylation is 1. The lowest BCUT2D eigenvalue weighted by molar-refractivity contribution is 0.0694. The Morgan fingerprint density at radius 1 is 1.10 bits per heavy atom. The van der Waals surface area contributed by atoms with E-state index in [9.17, 15) is 4.79 Å². The van der Waals surface area contributed by atoms with Crippen LogP contribution in [0.15, 0.2) is 42.5 Å². The van der Waals surface area contributed by atoms with E-state index < -0.39 is 0 Å². The largest absolute Gasteiger partial charge is 0.384 e. The Kier molecular flexibility index (Phi) is 6.67. The molecule has 0 saturated carbocycles. The van der Waals surface area contributed by atoms with Crippen molar-refractivity contribution in [2.45, 2.75) is 32.2 Å². The molecule has 2 aromatic heterocycles. The quantitative estimate of drug-likeness (QED) is 0.680. The summed E-state index contributed by atoms with van der Waals surface area (Å²) in [4.78, 5) is 21.9. The predicted molar refractivity (Wildman–Crippen MR) is 117 cm³/mol. The van der Waals surface area contributed by atoms with Gasteiger partial charge in [0, 0.05) is 35.8 Å². The first kappa shape index (κ1) is 21.0. The fourth-order valence-electron chi connectivity index (χ4n) is 3.63. The van der Waals surface area contributed by atoms with Crippen molar-refractivity contribution < 1.29 is 9.53 Å². The highest BCUT2D eigenvalue weighted by Gasteiger charge is 2.19. The van der Waals surface area contributed by atoms with Crippen molar-refractivity contribution in [2.24, 2.45) is 0 Å². The molecule has 1 amide bonds. The second-order valence-electron chi connectivity index (χ2n) is 7.02. The minimum Gasteiger partial charge on any atom is -0.384 e. The van der Waals surface area contributed by atoms with Gasteiger partial charge in [0.2, 0.25) is 0 Å². The summed E-state index contributed by atoms with van der Waals surface area (Å²) < 4.78 is 5.36. The smallest absolute Gasteiger partial charge is 0.270 e. The highest BCUT2D eigenvalue weighted by atomic mass is 35.5. The highest BCUT2D eigenvalue weighted by molar-refractivity contribution is 5.99. The number of carbonyl (C=O) groups is 1. The van der Waals surface area contributed by atoms with Crippen molar-refractivity contribution in [1.29, 1.82) is 0 Å². The number of hydrogen-bond acceptors (Lipinski definition) is 5. The van der Waals surface area contributed by atoms with Gasteiger partial charge >= 0.3 is 0 Å². The fourth-order valence-corrected chi connectivity index (χ4v) is 3.63. The van der Waals surface area contributed by atoms with E-state index in [1.165, 1.54) is 0 Å². The van der Waals surface area contributed by atoms with Gasteiger partial charge in [-0.25, -0.2) is 9.97 Å². The van der Waals surface area contributed by atoms with Crippen LogP contribution in [0, 0.1) is 0 Å². The maximum absolute atomic E-state index is 12.7. The lowest BCUT2D eigenvalue weighted by Gasteiger charge is -2.23. The number of carbonyl (C=O) groups excluding carboxylic acids is 1. The van der Waals surface area contributed by atoms with Gasteiger partial charge in [-0.05, 0) is 37.5 Å². The third kappa shape index (κ3) is 4.49. The van der Waals surface area contributed by atoms with Crippen LogP contribution in [0.4, 0.5) is 5.82 Å². The van der Waals surface area contributed by atoms with Crippen molar-refractivity contribution in [3.8, 4) is 11.1 Å². The molecule has 6 nitrogen and oxygen atoms in total. The van der Waals surface area contributed by atoms with Gasteiger partial charge in [0.15, 0.2) is 0 Å². The van der Waals surface area contributed by atoms with Gasteiger partial charge in [-0.1, -0.05) is 31.2 Å². The number of hydrogen-bond donors (Lipinski definition) is 2. The molecule has 29 heavy (non-hydrogen) atoms. The number of para-hydroxylation sites is 1. The number of benzene rings is 1. The van der Waals surface area contributed by atoms with Gasteiger partial charge in [-0.3, -0.25) is 4.79 Å². The number of ether oxygens (including phenoxy) is 1. The number of pyridine rings is 2. The Morgan fingerprint density at radius 3 is 2.66 bits per heavy atom. The Hall–Kier alpha value is -2.70. The number of nitrogens with two attached hydrogens (primary N) is 1. The maximum atomic E-state index is 12.7. The molecule has 0 atom stereocenters. The zero-order valence-electron chi connectivity index (χ0n) is 16.4. The lowest BCUT2D eigenvalue weighted by atomic mass is 9.99. The number of nitrogens with one attached hydrogen (secondary N) is 1. The standard InChI is InChI=1S/C22H24N4O2.ClH/c1-2-18-16(7-9-20(23)25-18)17-5-3-4-14-6-8-19(26-21(14)17)22(27)24-15-10-12-28-13-11-15;/h3-9,15H,2,10-13H2,1H3,(H2,23,25)(H,24,27);1H. The number of halogens is 1. The summed E-state index contributed by atoms with van der Waals surface area (Å²) in [7, 11) is 0. The average Bonchev–Trinajstić information content (AvgIpc) is 2.73. The third-order valence-corrected chi connectivity index (χ3v) is 5.13. The monoisotopic (exact) mass is 412 g/mol. The molecule has 1 aromatic carbocycles. The number of anilines is 1. The van der Waals surface area contributed by atoms with E-state index in [1.54, 1.807) is 12.1 Å². The van der Waals surface area contributed by atoms with E-state index in [0.29, 0.717) is 24.7 Å². The molecule has 4 rings (SSSR count). The molecule has 1 aliphatic rings. The summed E-state index contributed by atoms with van der Waals surface area (Å²) in [6.45, 7) is 3.42. The molecule has 3 heterocycles. The number of nitrogens with zero attached hydrogens (tertiary/aromatic N) is 2. The molecule has 0 unspecified atom stereocenters. The first-order chi connectivity index (χ1) is 13.7. The van der Waals surface area contributed by atoms with E-state index >= 15 is 0 Å². The van der Waals surface area contributed by atoms with Crippen molar-refractivity contribution in [3.63, 3.8) is 0 Å². The van der Waals surface area contributed by atoms with Gasteiger partial charge in [-0.2, -0.15) is 0 Å². The van der Waals surface area contributed by atoms with Gasteiger partial charge in [0.05, 0.1) is 11.2 Å².